The molecule has 0 radical (unpaired) electrons. The zero-order valence-electron chi connectivity index (χ0n) is 19.6. The molecule has 33 heavy (non-hydrogen) atoms. The summed E-state index contributed by atoms with van der Waals surface area (Å²) >= 11 is 13.6. The second kappa shape index (κ2) is 9.08. The number of fused-ring (bicyclic) bond motifs is 1. The van der Waals surface area contributed by atoms with Gasteiger partial charge in [-0.05, 0) is 67.1 Å². The van der Waals surface area contributed by atoms with E-state index in [4.69, 9.17) is 23.2 Å². The molecule has 6 heteroatoms. The molecule has 0 aliphatic carbocycles. The maximum atomic E-state index is 11.5. The Balaban J connectivity index is 1.65. The maximum Gasteiger partial charge on any atom is 0.306 e. The Bertz CT molecular complexity index is 1260. The summed E-state index contributed by atoms with van der Waals surface area (Å²) in [5.41, 5.74) is 7.38. The molecule has 1 aliphatic heterocycles. The minimum atomic E-state index is -0.722. The number of carboxylic acid groups (broad SMARTS) is 1. The van der Waals surface area contributed by atoms with E-state index in [1.165, 1.54) is 22.0 Å². The van der Waals surface area contributed by atoms with Crippen molar-refractivity contribution in [1.82, 2.24) is 9.47 Å². The number of likely N-dealkylation sites (tertiary alicyclic amines) is 1. The highest BCUT2D eigenvalue weighted by atomic mass is 35.5. The fraction of sp³-hybridized carbons (Fsp3) is 0.370. The Morgan fingerprint density at radius 1 is 1.21 bits per heavy atom. The van der Waals surface area contributed by atoms with Gasteiger partial charge in [0.05, 0.1) is 10.9 Å². The van der Waals surface area contributed by atoms with Gasteiger partial charge in [-0.3, -0.25) is 4.79 Å². The minimum absolute atomic E-state index is 0.0426. The van der Waals surface area contributed by atoms with Gasteiger partial charge in [-0.2, -0.15) is 0 Å². The number of carboxylic acids is 1. The van der Waals surface area contributed by atoms with E-state index in [1.807, 2.05) is 19.1 Å². The van der Waals surface area contributed by atoms with Crippen molar-refractivity contribution in [3.8, 4) is 0 Å². The molecule has 1 aliphatic rings. The molecule has 174 valence electrons. The van der Waals surface area contributed by atoms with Crippen molar-refractivity contribution in [2.24, 2.45) is 18.9 Å². The lowest BCUT2D eigenvalue weighted by Crippen LogP contribution is -2.41. The van der Waals surface area contributed by atoms with E-state index in [2.05, 4.69) is 55.1 Å². The molecule has 2 atom stereocenters. The van der Waals surface area contributed by atoms with Gasteiger partial charge in [-0.1, -0.05) is 42.8 Å². The van der Waals surface area contributed by atoms with Crippen LogP contribution in [-0.2, 0) is 18.3 Å². The van der Waals surface area contributed by atoms with Crippen LogP contribution in [-0.4, -0.2) is 33.6 Å². The molecule has 1 N–H and O–H groups in total. The number of nitrogens with zero attached hydrogens (tertiary/aromatic N) is 2. The third-order valence-electron chi connectivity index (χ3n) is 7.07. The van der Waals surface area contributed by atoms with E-state index >= 15 is 0 Å². The van der Waals surface area contributed by atoms with E-state index in [0.29, 0.717) is 36.0 Å². The number of hydrogen-bond acceptors (Lipinski definition) is 2. The summed E-state index contributed by atoms with van der Waals surface area (Å²) in [6, 6.07) is 10.4. The van der Waals surface area contributed by atoms with Crippen molar-refractivity contribution in [2.75, 3.05) is 13.1 Å². The van der Waals surface area contributed by atoms with Crippen molar-refractivity contribution in [2.45, 2.75) is 33.6 Å². The predicted molar refractivity (Wildman–Crippen MR) is 137 cm³/mol. The number of halogens is 2. The molecular formula is C27H30Cl2N2O2. The number of aryl methyl sites for hydroxylation is 3. The molecular weight excluding hydrogens is 455 g/mol. The van der Waals surface area contributed by atoms with Crippen LogP contribution >= 0.6 is 23.2 Å². The van der Waals surface area contributed by atoms with Gasteiger partial charge in [0.2, 0.25) is 0 Å². The van der Waals surface area contributed by atoms with Crippen LogP contribution in [0.3, 0.4) is 0 Å². The first-order chi connectivity index (χ1) is 15.6. The first kappa shape index (κ1) is 23.7. The average Bonchev–Trinajstić information content (AvgIpc) is 3.06. The van der Waals surface area contributed by atoms with Gasteiger partial charge >= 0.3 is 5.97 Å². The highest BCUT2D eigenvalue weighted by molar-refractivity contribution is 6.37. The Hall–Kier alpha value is -2.43. The van der Waals surface area contributed by atoms with Crippen LogP contribution in [0.15, 0.2) is 36.9 Å². The molecule has 2 aromatic carbocycles. The number of hydrogen-bond donors (Lipinski definition) is 1. The third-order valence-corrected chi connectivity index (χ3v) is 7.86. The third kappa shape index (κ3) is 4.39. The number of piperidine rings is 1. The van der Waals surface area contributed by atoms with Crippen molar-refractivity contribution in [1.29, 1.82) is 0 Å². The topological polar surface area (TPSA) is 45.5 Å². The number of aliphatic carboxylic acids is 1. The number of carbonyl (C=O) groups is 1. The summed E-state index contributed by atoms with van der Waals surface area (Å²) in [4.78, 5) is 13.6. The Labute approximate surface area is 205 Å². The number of aromatic nitrogens is 1. The van der Waals surface area contributed by atoms with E-state index in [-0.39, 0.29) is 11.8 Å². The molecule has 1 aromatic heterocycles. The van der Waals surface area contributed by atoms with Crippen LogP contribution in [0.1, 0.15) is 41.3 Å². The fourth-order valence-corrected chi connectivity index (χ4v) is 5.71. The molecule has 1 fully saturated rings. The monoisotopic (exact) mass is 484 g/mol. The molecule has 0 saturated carbocycles. The molecule has 1 saturated heterocycles. The standard InChI is InChI=1S/C27H30Cl2N2O2/c1-15-10-16(2)22-12-19(30(5)25(22)11-15)13-23-24(28)7-6-21(26(23)29)18(4)31-9-8-20(27(32)33)17(3)14-31/h6-7,10-12,17,20H,4,8-9,13-14H2,1-3,5H3,(H,32,33)/t17-,20?/m1/s1. The maximum absolute atomic E-state index is 11.5. The highest BCUT2D eigenvalue weighted by Crippen LogP contribution is 2.37. The molecule has 3 aromatic rings. The van der Waals surface area contributed by atoms with Gasteiger partial charge < -0.3 is 14.6 Å². The molecule has 2 heterocycles. The van der Waals surface area contributed by atoms with Crippen LogP contribution in [0, 0.1) is 25.7 Å². The van der Waals surface area contributed by atoms with Crippen molar-refractivity contribution in [3.63, 3.8) is 0 Å². The zero-order valence-corrected chi connectivity index (χ0v) is 21.1. The van der Waals surface area contributed by atoms with Gasteiger partial charge in [0.15, 0.2) is 0 Å². The summed E-state index contributed by atoms with van der Waals surface area (Å²) in [5, 5.41) is 11.9. The lowest BCUT2D eigenvalue weighted by atomic mass is 9.86. The highest BCUT2D eigenvalue weighted by Gasteiger charge is 2.32. The van der Waals surface area contributed by atoms with Crippen LogP contribution < -0.4 is 0 Å². The number of rotatable bonds is 5. The fourth-order valence-electron chi connectivity index (χ4n) is 5.10. The Morgan fingerprint density at radius 3 is 2.61 bits per heavy atom. The van der Waals surface area contributed by atoms with Crippen LogP contribution in [0.25, 0.3) is 16.6 Å². The molecule has 4 nitrogen and oxygen atoms in total. The van der Waals surface area contributed by atoms with E-state index in [0.717, 1.165) is 22.5 Å². The summed E-state index contributed by atoms with van der Waals surface area (Å²) in [5.74, 6) is -0.995. The van der Waals surface area contributed by atoms with E-state index in [1.54, 1.807) is 0 Å². The molecule has 0 amide bonds. The smallest absolute Gasteiger partial charge is 0.306 e. The van der Waals surface area contributed by atoms with Crippen molar-refractivity contribution >= 4 is 45.8 Å². The van der Waals surface area contributed by atoms with Gasteiger partial charge in [-0.15, -0.1) is 0 Å². The lowest BCUT2D eigenvalue weighted by Gasteiger charge is -2.37. The minimum Gasteiger partial charge on any atom is -0.481 e. The summed E-state index contributed by atoms with van der Waals surface area (Å²) in [7, 11) is 2.08. The largest absolute Gasteiger partial charge is 0.481 e. The van der Waals surface area contributed by atoms with Gasteiger partial charge in [0, 0.05) is 59.4 Å². The number of benzene rings is 2. The lowest BCUT2D eigenvalue weighted by molar-refractivity contribution is -0.145. The predicted octanol–water partition coefficient (Wildman–Crippen LogP) is 6.71. The van der Waals surface area contributed by atoms with E-state index in [9.17, 15) is 9.90 Å². The average molecular weight is 485 g/mol. The summed E-state index contributed by atoms with van der Waals surface area (Å²) in [6.45, 7) is 11.8. The summed E-state index contributed by atoms with van der Waals surface area (Å²) in [6.07, 6.45) is 1.21. The van der Waals surface area contributed by atoms with Crippen LogP contribution in [0.4, 0.5) is 0 Å². The first-order valence-corrected chi connectivity index (χ1v) is 12.0. The van der Waals surface area contributed by atoms with Gasteiger partial charge in [-0.25, -0.2) is 0 Å². The van der Waals surface area contributed by atoms with Gasteiger partial charge in [0.25, 0.3) is 0 Å². The first-order valence-electron chi connectivity index (χ1n) is 11.3. The SMILES string of the molecule is C=C(c1ccc(Cl)c(Cc2cc3c(C)cc(C)cc3n2C)c1Cl)N1CCC(C(=O)O)[C@H](C)C1. The summed E-state index contributed by atoms with van der Waals surface area (Å²) < 4.78 is 2.21. The Morgan fingerprint density at radius 2 is 1.94 bits per heavy atom. The zero-order chi connectivity index (χ0) is 24.0. The van der Waals surface area contributed by atoms with Crippen LogP contribution in [0.5, 0.6) is 0 Å². The molecule has 1 unspecified atom stereocenters. The van der Waals surface area contributed by atoms with Crippen molar-refractivity contribution < 1.29 is 9.90 Å². The normalized spacial score (nSPS) is 18.7. The molecule has 0 spiro atoms. The van der Waals surface area contributed by atoms with Gasteiger partial charge in [0.1, 0.15) is 0 Å². The second-order valence-corrected chi connectivity index (χ2v) is 10.2. The molecule has 4 rings (SSSR count). The second-order valence-electron chi connectivity index (χ2n) is 9.38. The quantitative estimate of drug-likeness (QED) is 0.437. The Kier molecular flexibility index (Phi) is 6.52. The van der Waals surface area contributed by atoms with E-state index < -0.39 is 5.97 Å². The molecule has 0 bridgehead atoms. The van der Waals surface area contributed by atoms with Crippen LogP contribution in [0.2, 0.25) is 10.0 Å². The van der Waals surface area contributed by atoms with Crippen molar-refractivity contribution in [3.05, 3.63) is 74.9 Å².